The molecule has 600 valence electrons. The zero-order chi connectivity index (χ0) is 74.6. The Morgan fingerprint density at radius 3 is 0.703 bits per heavy atom. The fourth-order valence-electron chi connectivity index (χ4n) is 12.6. The number of phosphoric acid groups is 2. The number of ether oxygens (including phenoxy) is 4. The largest absolute Gasteiger partial charge is 0.472 e. The summed E-state index contributed by atoms with van der Waals surface area (Å²) >= 11 is 0. The zero-order valence-corrected chi connectivity index (χ0v) is 68.3. The van der Waals surface area contributed by atoms with E-state index in [0.29, 0.717) is 31.6 Å². The van der Waals surface area contributed by atoms with Crippen molar-refractivity contribution in [3.63, 3.8) is 0 Å². The summed E-state index contributed by atoms with van der Waals surface area (Å²) < 4.78 is 68.6. The molecule has 0 heterocycles. The number of carbonyl (C=O) groups is 4. The Labute approximate surface area is 619 Å². The lowest BCUT2D eigenvalue weighted by Crippen LogP contribution is -2.30. The van der Waals surface area contributed by atoms with E-state index < -0.39 is 97.5 Å². The van der Waals surface area contributed by atoms with Crippen LogP contribution in [0, 0.1) is 23.7 Å². The first kappa shape index (κ1) is 99.1. The van der Waals surface area contributed by atoms with E-state index in [4.69, 9.17) is 37.0 Å². The molecule has 0 aromatic rings. The van der Waals surface area contributed by atoms with Gasteiger partial charge in [0.1, 0.15) is 19.3 Å². The summed E-state index contributed by atoms with van der Waals surface area (Å²) in [6.45, 7) is 14.2. The van der Waals surface area contributed by atoms with Crippen LogP contribution in [0.4, 0.5) is 0 Å². The minimum absolute atomic E-state index is 0.103. The molecule has 101 heavy (non-hydrogen) atoms. The molecule has 19 heteroatoms. The number of aliphatic hydroxyl groups excluding tert-OH is 1. The molecule has 0 bridgehead atoms. The molecule has 0 saturated carbocycles. The lowest BCUT2D eigenvalue weighted by molar-refractivity contribution is -0.161. The van der Waals surface area contributed by atoms with Gasteiger partial charge >= 0.3 is 39.5 Å². The molecule has 0 saturated heterocycles. The van der Waals surface area contributed by atoms with Gasteiger partial charge in [-0.05, 0) is 49.4 Å². The standard InChI is InChI=1S/C82H160O17P2/c1-9-75(8)61-53-45-36-29-25-21-17-12-10-11-13-19-23-27-31-38-48-56-64-81(86)98-77(68-92-79(84)62-54-46-37-30-26-22-18-15-14-16-20-24-28-34-42-50-58-72(2)3)70-96-100(88,89)94-66-76(83)67-95-101(90,91)97-71-78(69-93-80(85)63-55-47-41-40-44-52-60-74(6)7)99-82(87)65-57-49-39-33-32-35-43-51-59-73(4)5/h72-78,83H,9-71H2,1-8H3,(H,88,89)(H,90,91)/t75?,76-,77-,78-/m1/s1. The predicted molar refractivity (Wildman–Crippen MR) is 414 cm³/mol. The number of unbranched alkanes of at least 4 members (excludes halogenated alkanes) is 44. The molecule has 17 nitrogen and oxygen atoms in total. The highest BCUT2D eigenvalue weighted by Gasteiger charge is 2.30. The van der Waals surface area contributed by atoms with Gasteiger partial charge in [-0.2, -0.15) is 0 Å². The van der Waals surface area contributed by atoms with E-state index in [-0.39, 0.29) is 25.7 Å². The van der Waals surface area contributed by atoms with Crippen LogP contribution in [-0.2, 0) is 65.4 Å². The molecule has 0 aromatic carbocycles. The SMILES string of the molecule is CCC(C)CCCCCCCCCCCCCCCCCCCCC(=O)O[C@H](COC(=O)CCCCCCCCCCCCCCCCCCC(C)C)COP(=O)(O)OC[C@@H](O)COP(=O)(O)OC[C@@H](COC(=O)CCCCCCCCC(C)C)OC(=O)CCCCCCCCCCC(C)C. The third kappa shape index (κ3) is 74.7. The van der Waals surface area contributed by atoms with E-state index in [1.807, 2.05) is 0 Å². The van der Waals surface area contributed by atoms with E-state index in [9.17, 15) is 43.2 Å². The van der Waals surface area contributed by atoms with Gasteiger partial charge in [0.15, 0.2) is 12.2 Å². The highest BCUT2D eigenvalue weighted by atomic mass is 31.2. The zero-order valence-electron chi connectivity index (χ0n) is 66.5. The Morgan fingerprint density at radius 1 is 0.277 bits per heavy atom. The molecule has 0 aliphatic heterocycles. The second kappa shape index (κ2) is 71.0. The highest BCUT2D eigenvalue weighted by Crippen LogP contribution is 2.45. The topological polar surface area (TPSA) is 237 Å². The molecular formula is C82H160O17P2. The lowest BCUT2D eigenvalue weighted by Gasteiger charge is -2.21. The Bertz CT molecular complexity index is 1970. The van der Waals surface area contributed by atoms with Gasteiger partial charge in [0.25, 0.3) is 0 Å². The quantitative estimate of drug-likeness (QED) is 0.0222. The Balaban J connectivity index is 5.19. The molecular weight excluding hydrogens is 1320 g/mol. The maximum atomic E-state index is 13.1. The molecule has 0 fully saturated rings. The number of hydrogen-bond acceptors (Lipinski definition) is 15. The monoisotopic (exact) mass is 1480 g/mol. The van der Waals surface area contributed by atoms with Crippen molar-refractivity contribution in [2.75, 3.05) is 39.6 Å². The average Bonchev–Trinajstić information content (AvgIpc) is 0.960. The summed E-state index contributed by atoms with van der Waals surface area (Å²) in [5.74, 6) is 0.963. The van der Waals surface area contributed by atoms with Gasteiger partial charge in [-0.25, -0.2) is 9.13 Å². The van der Waals surface area contributed by atoms with E-state index in [2.05, 4.69) is 55.4 Å². The van der Waals surface area contributed by atoms with Gasteiger partial charge in [-0.3, -0.25) is 37.3 Å². The predicted octanol–water partition coefficient (Wildman–Crippen LogP) is 24.4. The summed E-state index contributed by atoms with van der Waals surface area (Å²) in [7, 11) is -9.92. The van der Waals surface area contributed by atoms with Crippen LogP contribution < -0.4 is 0 Å². The van der Waals surface area contributed by atoms with Crippen LogP contribution in [-0.4, -0.2) is 96.7 Å². The first-order valence-electron chi connectivity index (χ1n) is 42.2. The molecule has 0 amide bonds. The van der Waals surface area contributed by atoms with E-state index in [1.165, 1.54) is 218 Å². The molecule has 3 N–H and O–H groups in total. The van der Waals surface area contributed by atoms with Crippen molar-refractivity contribution in [1.29, 1.82) is 0 Å². The molecule has 6 atom stereocenters. The van der Waals surface area contributed by atoms with Crippen LogP contribution in [0.5, 0.6) is 0 Å². The molecule has 0 spiro atoms. The van der Waals surface area contributed by atoms with Crippen LogP contribution in [0.25, 0.3) is 0 Å². The van der Waals surface area contributed by atoms with Crippen molar-refractivity contribution >= 4 is 39.5 Å². The van der Waals surface area contributed by atoms with Gasteiger partial charge < -0.3 is 33.8 Å². The number of aliphatic hydroxyl groups is 1. The molecule has 0 rings (SSSR count). The maximum absolute atomic E-state index is 13.1. The lowest BCUT2D eigenvalue weighted by atomic mass is 9.99. The fraction of sp³-hybridized carbons (Fsp3) is 0.951. The number of rotatable bonds is 79. The molecule has 0 aliphatic carbocycles. The third-order valence-corrected chi connectivity index (χ3v) is 21.3. The van der Waals surface area contributed by atoms with Gasteiger partial charge in [-0.15, -0.1) is 0 Å². The number of carbonyl (C=O) groups excluding carboxylic acids is 4. The smallest absolute Gasteiger partial charge is 0.462 e. The fourth-order valence-corrected chi connectivity index (χ4v) is 14.2. The molecule has 0 aliphatic rings. The van der Waals surface area contributed by atoms with Crippen molar-refractivity contribution in [1.82, 2.24) is 0 Å². The van der Waals surface area contributed by atoms with Crippen LogP contribution >= 0.6 is 15.6 Å². The minimum Gasteiger partial charge on any atom is -0.462 e. The minimum atomic E-state index is -4.96. The third-order valence-electron chi connectivity index (χ3n) is 19.4. The number of hydrogen-bond donors (Lipinski definition) is 3. The molecule has 3 unspecified atom stereocenters. The highest BCUT2D eigenvalue weighted by molar-refractivity contribution is 7.47. The Morgan fingerprint density at radius 2 is 0.475 bits per heavy atom. The van der Waals surface area contributed by atoms with Crippen LogP contribution in [0.15, 0.2) is 0 Å². The van der Waals surface area contributed by atoms with E-state index in [1.54, 1.807) is 0 Å². The van der Waals surface area contributed by atoms with Gasteiger partial charge in [-0.1, -0.05) is 370 Å². The van der Waals surface area contributed by atoms with Crippen molar-refractivity contribution in [2.45, 2.75) is 440 Å². The average molecular weight is 1480 g/mol. The van der Waals surface area contributed by atoms with E-state index >= 15 is 0 Å². The maximum Gasteiger partial charge on any atom is 0.472 e. The summed E-state index contributed by atoms with van der Waals surface area (Å²) in [5, 5.41) is 10.6. The van der Waals surface area contributed by atoms with Crippen LogP contribution in [0.1, 0.15) is 421 Å². The van der Waals surface area contributed by atoms with Crippen molar-refractivity contribution in [3.8, 4) is 0 Å². The van der Waals surface area contributed by atoms with Crippen LogP contribution in [0.3, 0.4) is 0 Å². The van der Waals surface area contributed by atoms with Gasteiger partial charge in [0, 0.05) is 25.7 Å². The summed E-state index contributed by atoms with van der Waals surface area (Å²) in [4.78, 5) is 72.9. The Hall–Kier alpha value is -1.94. The normalized spacial score (nSPS) is 14.3. The van der Waals surface area contributed by atoms with Gasteiger partial charge in [0.05, 0.1) is 26.4 Å². The van der Waals surface area contributed by atoms with E-state index in [0.717, 1.165) is 114 Å². The van der Waals surface area contributed by atoms with Gasteiger partial charge in [0.2, 0.25) is 0 Å². The number of esters is 4. The first-order valence-corrected chi connectivity index (χ1v) is 45.2. The van der Waals surface area contributed by atoms with Crippen molar-refractivity contribution in [3.05, 3.63) is 0 Å². The second-order valence-corrected chi connectivity index (χ2v) is 34.1. The molecule has 0 radical (unpaired) electrons. The molecule has 0 aromatic heterocycles. The summed E-state index contributed by atoms with van der Waals surface area (Å²) in [5.41, 5.74) is 0. The second-order valence-electron chi connectivity index (χ2n) is 31.2. The van der Waals surface area contributed by atoms with Crippen LogP contribution in [0.2, 0.25) is 0 Å². The number of phosphoric ester groups is 2. The Kier molecular flexibility index (Phi) is 69.6. The first-order chi connectivity index (χ1) is 48.6. The van der Waals surface area contributed by atoms with Crippen molar-refractivity contribution in [2.24, 2.45) is 23.7 Å². The summed E-state index contributed by atoms with van der Waals surface area (Å²) in [6, 6.07) is 0. The summed E-state index contributed by atoms with van der Waals surface area (Å²) in [6.07, 6.45) is 58.6. The van der Waals surface area contributed by atoms with Crippen molar-refractivity contribution < 1.29 is 80.2 Å².